The highest BCUT2D eigenvalue weighted by atomic mass is 31.1. The molecule has 34 heavy (non-hydrogen) atoms. The molecule has 1 aromatic carbocycles. The Labute approximate surface area is 195 Å². The van der Waals surface area contributed by atoms with E-state index in [0.717, 1.165) is 10.8 Å². The second-order valence-corrected chi connectivity index (χ2v) is 8.00. The molecule has 0 bridgehead atoms. The minimum atomic E-state index is -1.47. The number of amides is 1. The largest absolute Gasteiger partial charge is 0.468 e. The van der Waals surface area contributed by atoms with Gasteiger partial charge < -0.3 is 40.2 Å². The van der Waals surface area contributed by atoms with E-state index in [2.05, 4.69) is 9.72 Å². The van der Waals surface area contributed by atoms with Gasteiger partial charge in [0.05, 0.1) is 13.7 Å². The predicted octanol–water partition coefficient (Wildman–Crippen LogP) is -1.39. The Morgan fingerprint density at radius 3 is 2.74 bits per heavy atom. The van der Waals surface area contributed by atoms with Crippen LogP contribution in [-0.2, 0) is 25.2 Å². The van der Waals surface area contributed by atoms with Crippen LogP contribution in [0.3, 0.4) is 0 Å². The number of carbonyl (C=O) groups excluding carboxylic acids is 2. The number of primary amides is 1. The van der Waals surface area contributed by atoms with Gasteiger partial charge in [0.2, 0.25) is 9.03 Å². The average molecular weight is 496 g/mol. The van der Waals surface area contributed by atoms with Crippen molar-refractivity contribution in [2.45, 2.75) is 37.0 Å². The van der Waals surface area contributed by atoms with Crippen LogP contribution < -0.4 is 21.6 Å². The molecule has 1 amide bonds. The Kier molecular flexibility index (Phi) is 8.67. The van der Waals surface area contributed by atoms with E-state index >= 15 is 0 Å². The molecule has 2 aromatic rings. The Hall–Kier alpha value is -2.93. The van der Waals surface area contributed by atoms with Gasteiger partial charge >= 0.3 is 5.97 Å². The normalized spacial score (nSPS) is 23.2. The van der Waals surface area contributed by atoms with Crippen LogP contribution >= 0.6 is 9.03 Å². The molecule has 6 unspecified atom stereocenters. The van der Waals surface area contributed by atoms with E-state index in [1.165, 1.54) is 13.3 Å². The highest BCUT2D eigenvalue weighted by Gasteiger charge is 2.44. The molecule has 1 aromatic heterocycles. The molecular weight excluding hydrogens is 471 g/mol. The predicted molar refractivity (Wildman–Crippen MR) is 118 cm³/mol. The summed E-state index contributed by atoms with van der Waals surface area (Å²) < 4.78 is 22.2. The Morgan fingerprint density at radius 2 is 2.03 bits per heavy atom. The van der Waals surface area contributed by atoms with Crippen molar-refractivity contribution in [2.24, 2.45) is 11.5 Å². The number of para-hydroxylation sites is 1. The van der Waals surface area contributed by atoms with Gasteiger partial charge in [0.1, 0.15) is 30.1 Å². The highest BCUT2D eigenvalue weighted by Crippen LogP contribution is 2.31. The topological polar surface area (TPSA) is 198 Å². The van der Waals surface area contributed by atoms with E-state index in [9.17, 15) is 24.6 Å². The van der Waals surface area contributed by atoms with Crippen LogP contribution in [0.15, 0.2) is 41.5 Å². The van der Waals surface area contributed by atoms with Gasteiger partial charge in [-0.3, -0.25) is 19.0 Å². The molecule has 0 aliphatic carbocycles. The van der Waals surface area contributed by atoms with Crippen molar-refractivity contribution in [1.82, 2.24) is 9.55 Å². The molecule has 1 aliphatic rings. The van der Waals surface area contributed by atoms with Crippen LogP contribution in [0, 0.1) is 0 Å². The van der Waals surface area contributed by atoms with Gasteiger partial charge in [0.25, 0.3) is 11.5 Å². The molecule has 0 saturated carbocycles. The Balaban J connectivity index is 1.58. The van der Waals surface area contributed by atoms with Crippen molar-refractivity contribution in [3.8, 4) is 5.75 Å². The van der Waals surface area contributed by atoms with Gasteiger partial charge in [-0.15, -0.1) is 0 Å². The highest BCUT2D eigenvalue weighted by molar-refractivity contribution is 7.26. The number of benzene rings is 1. The lowest BCUT2D eigenvalue weighted by Crippen LogP contribution is -2.38. The quantitative estimate of drug-likeness (QED) is 0.171. The van der Waals surface area contributed by atoms with Gasteiger partial charge in [0.15, 0.2) is 11.9 Å². The number of esters is 1. The number of nitrogens with two attached hydrogens (primary N) is 2. The van der Waals surface area contributed by atoms with E-state index in [-0.39, 0.29) is 13.0 Å². The summed E-state index contributed by atoms with van der Waals surface area (Å²) in [7, 11) is 0.740. The van der Waals surface area contributed by atoms with Crippen LogP contribution in [0.2, 0.25) is 0 Å². The summed E-state index contributed by atoms with van der Waals surface area (Å²) in [5.74, 6) is -1.13. The first-order valence-corrected chi connectivity index (χ1v) is 10.9. The monoisotopic (exact) mass is 496 g/mol. The third-order valence-corrected chi connectivity index (χ3v) is 5.68. The number of nitrogens with zero attached hydrogens (tertiary/aromatic N) is 2. The summed E-state index contributed by atoms with van der Waals surface area (Å²) in [4.78, 5) is 38.9. The standard InChI is InChI=1S/C20H25N4O9P/c1-30-20(29)11(21)8-10-4-2-3-5-12(10)33-34-31-9-13-15(25)16(26)19(32-13)24-7-6-23-14(17(22)27)18(24)28/h2-7,11,13,15-16,19,25-26,34H,8-9,21H2,1H3,(H2,22,27). The zero-order valence-corrected chi connectivity index (χ0v) is 19.1. The lowest BCUT2D eigenvalue weighted by molar-refractivity contribution is -0.142. The van der Waals surface area contributed by atoms with Gasteiger partial charge in [-0.05, 0) is 11.6 Å². The second-order valence-electron chi connectivity index (χ2n) is 7.34. The molecule has 184 valence electrons. The zero-order valence-electron chi connectivity index (χ0n) is 18.1. The maximum Gasteiger partial charge on any atom is 0.322 e. The zero-order chi connectivity index (χ0) is 24.8. The van der Waals surface area contributed by atoms with Crippen LogP contribution in [0.4, 0.5) is 0 Å². The smallest absolute Gasteiger partial charge is 0.322 e. The summed E-state index contributed by atoms with van der Waals surface area (Å²) in [6, 6.07) is 6.09. The van der Waals surface area contributed by atoms with E-state index in [4.69, 9.17) is 25.3 Å². The van der Waals surface area contributed by atoms with Crippen molar-refractivity contribution in [3.05, 3.63) is 58.3 Å². The fraction of sp³-hybridized carbons (Fsp3) is 0.400. The van der Waals surface area contributed by atoms with E-state index in [1.807, 2.05) is 0 Å². The second kappa shape index (κ2) is 11.5. The fourth-order valence-electron chi connectivity index (χ4n) is 3.33. The van der Waals surface area contributed by atoms with E-state index in [1.54, 1.807) is 24.3 Å². The van der Waals surface area contributed by atoms with Crippen molar-refractivity contribution in [1.29, 1.82) is 0 Å². The third-order valence-electron chi connectivity index (χ3n) is 5.09. The summed E-state index contributed by atoms with van der Waals surface area (Å²) in [5, 5.41) is 20.7. The molecule has 14 heteroatoms. The maximum atomic E-state index is 12.4. The summed E-state index contributed by atoms with van der Waals surface area (Å²) >= 11 is 0. The van der Waals surface area contributed by atoms with Crippen LogP contribution in [-0.4, -0.2) is 69.7 Å². The molecule has 13 nitrogen and oxygen atoms in total. The number of methoxy groups -OCH3 is 1. The molecule has 6 atom stereocenters. The number of rotatable bonds is 10. The number of carbonyl (C=O) groups is 2. The summed E-state index contributed by atoms with van der Waals surface area (Å²) in [6.07, 6.45) is -2.55. The minimum absolute atomic E-state index is 0.167. The van der Waals surface area contributed by atoms with Gasteiger partial charge in [-0.1, -0.05) is 18.2 Å². The summed E-state index contributed by atoms with van der Waals surface area (Å²) in [6.45, 7) is -0.167. The Bertz CT molecular complexity index is 1080. The number of hydrogen-bond acceptors (Lipinski definition) is 11. The first kappa shape index (κ1) is 25.7. The van der Waals surface area contributed by atoms with Crippen LogP contribution in [0.1, 0.15) is 22.3 Å². The number of aliphatic hydroxyl groups is 2. The maximum absolute atomic E-state index is 12.4. The van der Waals surface area contributed by atoms with Gasteiger partial charge in [-0.2, -0.15) is 0 Å². The van der Waals surface area contributed by atoms with Crippen molar-refractivity contribution in [2.75, 3.05) is 13.7 Å². The molecule has 6 N–H and O–H groups in total. The molecule has 1 aliphatic heterocycles. The number of aromatic nitrogens is 2. The van der Waals surface area contributed by atoms with Crippen molar-refractivity contribution < 1.29 is 38.3 Å². The molecule has 1 fully saturated rings. The number of aliphatic hydroxyl groups excluding tert-OH is 2. The van der Waals surface area contributed by atoms with Gasteiger partial charge in [0, 0.05) is 18.8 Å². The molecule has 0 spiro atoms. The van der Waals surface area contributed by atoms with Crippen LogP contribution in [0.5, 0.6) is 5.75 Å². The molecule has 2 heterocycles. The van der Waals surface area contributed by atoms with Crippen molar-refractivity contribution >= 4 is 20.9 Å². The van der Waals surface area contributed by atoms with E-state index in [0.29, 0.717) is 11.3 Å². The van der Waals surface area contributed by atoms with Crippen LogP contribution in [0.25, 0.3) is 0 Å². The van der Waals surface area contributed by atoms with Gasteiger partial charge in [-0.25, -0.2) is 4.98 Å². The lowest BCUT2D eigenvalue weighted by atomic mass is 10.1. The van der Waals surface area contributed by atoms with E-state index < -0.39 is 62.7 Å². The minimum Gasteiger partial charge on any atom is -0.468 e. The van der Waals surface area contributed by atoms with Crippen molar-refractivity contribution in [3.63, 3.8) is 0 Å². The average Bonchev–Trinajstić information content (AvgIpc) is 3.10. The molecular formula is C20H25N4O9P. The SMILES string of the molecule is COC(=O)C(N)Cc1ccccc1OPOCC1OC(n2ccnc(C(N)=O)c2=O)C(O)C1O. The first-order chi connectivity index (χ1) is 16.2. The molecule has 0 radical (unpaired) electrons. The first-order valence-electron chi connectivity index (χ1n) is 10.1. The molecule has 3 rings (SSSR count). The lowest BCUT2D eigenvalue weighted by Gasteiger charge is -2.17. The fourth-order valence-corrected chi connectivity index (χ4v) is 3.91. The third kappa shape index (κ3) is 5.76. The number of ether oxygens (including phenoxy) is 2. The molecule has 1 saturated heterocycles. The summed E-state index contributed by atoms with van der Waals surface area (Å²) in [5.41, 5.74) is 10.2. The Morgan fingerprint density at radius 1 is 1.29 bits per heavy atom. The number of hydrogen-bond donors (Lipinski definition) is 4.